The van der Waals surface area contributed by atoms with Gasteiger partial charge in [0, 0.05) is 27.8 Å². The van der Waals surface area contributed by atoms with Crippen molar-refractivity contribution < 1.29 is 41.0 Å². The summed E-state index contributed by atoms with van der Waals surface area (Å²) in [5.74, 6) is -0.677. The van der Waals surface area contributed by atoms with Crippen LogP contribution in [0.5, 0.6) is 0 Å². The molecule has 0 aromatic heterocycles. The van der Waals surface area contributed by atoms with E-state index in [0.29, 0.717) is 22.7 Å². The molecular formula is C20H17Cl2F6NO3. The number of halogens is 8. The van der Waals surface area contributed by atoms with E-state index in [0.717, 1.165) is 12.1 Å². The Labute approximate surface area is 189 Å². The third kappa shape index (κ3) is 5.60. The fourth-order valence-electron chi connectivity index (χ4n) is 2.86. The van der Waals surface area contributed by atoms with Crippen molar-refractivity contribution in [3.63, 3.8) is 0 Å². The minimum absolute atomic E-state index is 0.0308. The molecule has 0 heterocycles. The number of nitrogens with zero attached hydrogens (tertiary/aromatic N) is 1. The van der Waals surface area contributed by atoms with Crippen molar-refractivity contribution in [2.75, 3.05) is 18.1 Å². The van der Waals surface area contributed by atoms with Gasteiger partial charge in [-0.3, -0.25) is 4.79 Å². The van der Waals surface area contributed by atoms with Gasteiger partial charge in [-0.25, -0.2) is 0 Å². The van der Waals surface area contributed by atoms with E-state index in [2.05, 4.69) is 0 Å². The highest BCUT2D eigenvalue weighted by Crippen LogP contribution is 2.50. The summed E-state index contributed by atoms with van der Waals surface area (Å²) in [4.78, 5) is 13.3. The fraction of sp³-hybridized carbons (Fsp3) is 0.350. The first-order valence-corrected chi connectivity index (χ1v) is 9.77. The number of carbonyl (C=O) groups excluding carboxylic acids is 1. The number of hydrogen-bond donors (Lipinski definition) is 1. The SMILES string of the molecule is CCOC(=O)CN(Cc1ccc(Cl)cc1Cl)c1ccc(C(O)(C(F)(F)F)C(F)(F)F)cc1. The number of ether oxygens (including phenoxy) is 1. The minimum atomic E-state index is -6.01. The van der Waals surface area contributed by atoms with Crippen LogP contribution in [0.4, 0.5) is 32.0 Å². The van der Waals surface area contributed by atoms with E-state index in [1.807, 2.05) is 0 Å². The molecule has 0 unspecified atom stereocenters. The zero-order chi connectivity index (χ0) is 24.3. The quantitative estimate of drug-likeness (QED) is 0.379. The third-order valence-corrected chi connectivity index (χ3v) is 5.06. The lowest BCUT2D eigenvalue weighted by Gasteiger charge is -2.33. The number of esters is 1. The second-order valence-electron chi connectivity index (χ2n) is 6.65. The molecule has 176 valence electrons. The molecule has 0 aliphatic rings. The molecule has 0 saturated carbocycles. The minimum Gasteiger partial charge on any atom is -0.465 e. The van der Waals surface area contributed by atoms with Crippen LogP contribution in [0.3, 0.4) is 0 Å². The maximum Gasteiger partial charge on any atom is 0.430 e. The van der Waals surface area contributed by atoms with Gasteiger partial charge in [0.1, 0.15) is 6.54 Å². The number of aliphatic hydroxyl groups is 1. The van der Waals surface area contributed by atoms with Crippen molar-refractivity contribution in [1.82, 2.24) is 0 Å². The van der Waals surface area contributed by atoms with Gasteiger partial charge in [0.05, 0.1) is 6.61 Å². The zero-order valence-electron chi connectivity index (χ0n) is 16.4. The average Bonchev–Trinajstić information content (AvgIpc) is 2.67. The topological polar surface area (TPSA) is 49.8 Å². The predicted molar refractivity (Wildman–Crippen MR) is 107 cm³/mol. The van der Waals surface area contributed by atoms with Gasteiger partial charge in [0.15, 0.2) is 0 Å². The van der Waals surface area contributed by atoms with Crippen molar-refractivity contribution in [3.8, 4) is 0 Å². The van der Waals surface area contributed by atoms with E-state index in [-0.39, 0.29) is 30.4 Å². The number of carbonyl (C=O) groups is 1. The largest absolute Gasteiger partial charge is 0.465 e. The van der Waals surface area contributed by atoms with Crippen LogP contribution in [0.2, 0.25) is 10.0 Å². The normalized spacial score (nSPS) is 12.6. The molecule has 0 amide bonds. The van der Waals surface area contributed by atoms with Crippen molar-refractivity contribution in [3.05, 3.63) is 63.6 Å². The first kappa shape index (κ1) is 26.1. The second kappa shape index (κ2) is 9.76. The maximum atomic E-state index is 13.1. The molecule has 12 heteroatoms. The molecule has 4 nitrogen and oxygen atoms in total. The highest BCUT2D eigenvalue weighted by molar-refractivity contribution is 6.35. The van der Waals surface area contributed by atoms with Gasteiger partial charge in [0.25, 0.3) is 5.60 Å². The van der Waals surface area contributed by atoms with Gasteiger partial charge in [0.2, 0.25) is 0 Å². The summed E-state index contributed by atoms with van der Waals surface area (Å²) in [6.45, 7) is 1.24. The van der Waals surface area contributed by atoms with Crippen LogP contribution in [0, 0.1) is 0 Å². The Morgan fingerprint density at radius 1 is 1.00 bits per heavy atom. The van der Waals surface area contributed by atoms with Gasteiger partial charge >= 0.3 is 18.3 Å². The highest BCUT2D eigenvalue weighted by atomic mass is 35.5. The smallest absolute Gasteiger partial charge is 0.430 e. The van der Waals surface area contributed by atoms with Gasteiger partial charge < -0.3 is 14.7 Å². The Hall–Kier alpha value is -2.17. The predicted octanol–water partition coefficient (Wildman–Crippen LogP) is 5.88. The van der Waals surface area contributed by atoms with Crippen molar-refractivity contribution >= 4 is 34.9 Å². The van der Waals surface area contributed by atoms with Crippen LogP contribution in [-0.2, 0) is 21.7 Å². The number of benzene rings is 2. The van der Waals surface area contributed by atoms with Crippen LogP contribution in [0.1, 0.15) is 18.1 Å². The fourth-order valence-corrected chi connectivity index (χ4v) is 3.33. The van der Waals surface area contributed by atoms with Crippen molar-refractivity contribution in [2.24, 2.45) is 0 Å². The molecule has 0 fully saturated rings. The van der Waals surface area contributed by atoms with E-state index in [9.17, 15) is 36.2 Å². The maximum absolute atomic E-state index is 13.1. The van der Waals surface area contributed by atoms with Crippen LogP contribution in [-0.4, -0.2) is 36.6 Å². The second-order valence-corrected chi connectivity index (χ2v) is 7.49. The van der Waals surface area contributed by atoms with Gasteiger partial charge in [-0.2, -0.15) is 26.3 Å². The zero-order valence-corrected chi connectivity index (χ0v) is 17.9. The number of alkyl halides is 6. The van der Waals surface area contributed by atoms with Crippen LogP contribution in [0.25, 0.3) is 0 Å². The molecule has 2 aromatic carbocycles. The Morgan fingerprint density at radius 2 is 1.56 bits per heavy atom. The first-order valence-electron chi connectivity index (χ1n) is 9.01. The average molecular weight is 504 g/mol. The van der Waals surface area contributed by atoms with Gasteiger partial charge in [-0.15, -0.1) is 0 Å². The number of hydrogen-bond acceptors (Lipinski definition) is 4. The third-order valence-electron chi connectivity index (χ3n) is 4.47. The highest BCUT2D eigenvalue weighted by Gasteiger charge is 2.71. The van der Waals surface area contributed by atoms with Gasteiger partial charge in [-0.05, 0) is 36.8 Å². The number of anilines is 1. The lowest BCUT2D eigenvalue weighted by molar-refractivity contribution is -0.376. The summed E-state index contributed by atoms with van der Waals surface area (Å²) in [5.41, 5.74) is -5.88. The monoisotopic (exact) mass is 503 g/mol. The molecular weight excluding hydrogens is 487 g/mol. The Kier molecular flexibility index (Phi) is 7.96. The first-order chi connectivity index (χ1) is 14.7. The molecule has 1 N–H and O–H groups in total. The molecule has 0 atom stereocenters. The Morgan fingerprint density at radius 3 is 2.03 bits per heavy atom. The van der Waals surface area contributed by atoms with Crippen LogP contribution >= 0.6 is 23.2 Å². The van der Waals surface area contributed by atoms with E-state index in [1.165, 1.54) is 17.0 Å². The molecule has 2 rings (SSSR count). The molecule has 0 aliphatic heterocycles. The standard InChI is InChI=1S/C20H17Cl2F6NO3/c1-2-32-17(30)11-29(10-12-3-6-14(21)9-16(12)22)15-7-4-13(5-8-15)18(31,19(23,24)25)20(26,27)28/h3-9,31H,2,10-11H2,1H3. The summed E-state index contributed by atoms with van der Waals surface area (Å²) in [5, 5.41) is 10.1. The van der Waals surface area contributed by atoms with E-state index in [4.69, 9.17) is 27.9 Å². The summed E-state index contributed by atoms with van der Waals surface area (Å²) < 4.78 is 83.5. The van der Waals surface area contributed by atoms with Gasteiger partial charge in [-0.1, -0.05) is 41.4 Å². The molecule has 0 bridgehead atoms. The Balaban J connectivity index is 2.44. The summed E-state index contributed by atoms with van der Waals surface area (Å²) >= 11 is 12.0. The van der Waals surface area contributed by atoms with Crippen LogP contribution in [0.15, 0.2) is 42.5 Å². The van der Waals surface area contributed by atoms with E-state index in [1.54, 1.807) is 13.0 Å². The molecule has 2 aromatic rings. The van der Waals surface area contributed by atoms with Crippen LogP contribution < -0.4 is 4.90 Å². The molecule has 0 radical (unpaired) electrons. The lowest BCUT2D eigenvalue weighted by atomic mass is 9.92. The van der Waals surface area contributed by atoms with E-state index < -0.39 is 29.5 Å². The summed E-state index contributed by atoms with van der Waals surface area (Å²) in [6, 6.07) is 7.39. The lowest BCUT2D eigenvalue weighted by Crippen LogP contribution is -2.53. The Bertz CT molecular complexity index is 934. The molecule has 0 aliphatic carbocycles. The number of rotatable bonds is 7. The molecule has 32 heavy (non-hydrogen) atoms. The van der Waals surface area contributed by atoms with E-state index >= 15 is 0 Å². The summed E-state index contributed by atoms with van der Waals surface area (Å²) in [7, 11) is 0. The molecule has 0 saturated heterocycles. The molecule has 0 spiro atoms. The van der Waals surface area contributed by atoms with Crippen molar-refractivity contribution in [1.29, 1.82) is 0 Å². The summed E-state index contributed by atoms with van der Waals surface area (Å²) in [6.07, 6.45) is -12.0. The van der Waals surface area contributed by atoms with Crippen molar-refractivity contribution in [2.45, 2.75) is 31.4 Å².